The van der Waals surface area contributed by atoms with Gasteiger partial charge in [0, 0.05) is 50.2 Å². The molecule has 1 atom stereocenters. The van der Waals surface area contributed by atoms with E-state index in [-0.39, 0.29) is 0 Å². The first-order valence-electron chi connectivity index (χ1n) is 8.37. The average molecular weight is 328 g/mol. The molecular formula is C17H24N6O. The lowest BCUT2D eigenvalue weighted by molar-refractivity contribution is 0.395. The third kappa shape index (κ3) is 3.55. The van der Waals surface area contributed by atoms with Crippen LogP contribution in [-0.2, 0) is 6.42 Å². The number of aromatic nitrogens is 4. The maximum Gasteiger partial charge on any atom is 0.228 e. The van der Waals surface area contributed by atoms with Gasteiger partial charge in [-0.3, -0.25) is 0 Å². The minimum absolute atomic E-state index is 0.339. The van der Waals surface area contributed by atoms with Gasteiger partial charge in [-0.05, 0) is 19.3 Å². The predicted octanol–water partition coefficient (Wildman–Crippen LogP) is 1.94. The highest BCUT2D eigenvalue weighted by Gasteiger charge is 2.25. The van der Waals surface area contributed by atoms with Crippen LogP contribution in [0, 0.1) is 0 Å². The van der Waals surface area contributed by atoms with Crippen molar-refractivity contribution in [3.63, 3.8) is 0 Å². The molecule has 1 unspecified atom stereocenters. The number of hydrogen-bond donors (Lipinski definition) is 0. The van der Waals surface area contributed by atoms with Gasteiger partial charge in [-0.25, -0.2) is 15.0 Å². The van der Waals surface area contributed by atoms with Gasteiger partial charge in [0.1, 0.15) is 12.1 Å². The molecule has 1 fully saturated rings. The molecule has 1 aliphatic rings. The molecule has 7 nitrogen and oxygen atoms in total. The predicted molar refractivity (Wildman–Crippen MR) is 93.6 cm³/mol. The summed E-state index contributed by atoms with van der Waals surface area (Å²) in [6.07, 6.45) is 6.54. The number of rotatable bonds is 5. The van der Waals surface area contributed by atoms with E-state index in [0.29, 0.717) is 17.9 Å². The smallest absolute Gasteiger partial charge is 0.228 e. The van der Waals surface area contributed by atoms with Crippen LogP contribution in [0.25, 0.3) is 0 Å². The van der Waals surface area contributed by atoms with Gasteiger partial charge in [-0.1, -0.05) is 6.92 Å². The minimum Gasteiger partial charge on any atom is -0.481 e. The van der Waals surface area contributed by atoms with Gasteiger partial charge in [0.15, 0.2) is 0 Å². The number of nitrogens with zero attached hydrogens (tertiary/aromatic N) is 6. The molecule has 1 aliphatic heterocycles. The normalized spacial score (nSPS) is 17.6. The largest absolute Gasteiger partial charge is 0.481 e. The lowest BCUT2D eigenvalue weighted by atomic mass is 10.0. The summed E-state index contributed by atoms with van der Waals surface area (Å²) < 4.78 is 5.20. The van der Waals surface area contributed by atoms with E-state index in [1.165, 1.54) is 0 Å². The van der Waals surface area contributed by atoms with Gasteiger partial charge in [-0.2, -0.15) is 4.98 Å². The Kier molecular flexibility index (Phi) is 5.08. The molecule has 128 valence electrons. The Morgan fingerprint density at radius 3 is 3.00 bits per heavy atom. The number of ether oxygens (including phenoxy) is 1. The molecule has 0 aliphatic carbocycles. The molecule has 0 bridgehead atoms. The molecule has 0 aromatic carbocycles. The Balaban J connectivity index is 1.74. The first-order valence-corrected chi connectivity index (χ1v) is 8.37. The van der Waals surface area contributed by atoms with Crippen molar-refractivity contribution in [3.8, 4) is 5.88 Å². The molecule has 0 saturated carbocycles. The zero-order valence-corrected chi connectivity index (χ0v) is 14.5. The summed E-state index contributed by atoms with van der Waals surface area (Å²) in [6, 6.07) is 4.19. The summed E-state index contributed by atoms with van der Waals surface area (Å²) >= 11 is 0. The number of hydrogen-bond acceptors (Lipinski definition) is 7. The number of methoxy groups -OCH3 is 1. The van der Waals surface area contributed by atoms with Crippen LogP contribution in [0.2, 0.25) is 0 Å². The van der Waals surface area contributed by atoms with Gasteiger partial charge < -0.3 is 14.5 Å². The third-order valence-corrected chi connectivity index (χ3v) is 4.48. The Hall–Kier alpha value is -2.44. The van der Waals surface area contributed by atoms with E-state index in [4.69, 9.17) is 4.74 Å². The van der Waals surface area contributed by atoms with E-state index < -0.39 is 0 Å². The zero-order chi connectivity index (χ0) is 16.9. The van der Waals surface area contributed by atoms with Crippen molar-refractivity contribution in [1.82, 2.24) is 19.9 Å². The van der Waals surface area contributed by atoms with E-state index in [1.54, 1.807) is 25.7 Å². The van der Waals surface area contributed by atoms with Crippen molar-refractivity contribution in [2.75, 3.05) is 37.0 Å². The van der Waals surface area contributed by atoms with E-state index in [9.17, 15) is 0 Å². The third-order valence-electron chi connectivity index (χ3n) is 4.48. The highest BCUT2D eigenvalue weighted by Crippen LogP contribution is 2.23. The summed E-state index contributed by atoms with van der Waals surface area (Å²) in [5.74, 6) is 2.28. The van der Waals surface area contributed by atoms with Crippen molar-refractivity contribution in [2.45, 2.75) is 32.2 Å². The first-order chi connectivity index (χ1) is 11.7. The van der Waals surface area contributed by atoms with Crippen molar-refractivity contribution in [1.29, 1.82) is 0 Å². The second-order valence-corrected chi connectivity index (χ2v) is 5.97. The fourth-order valence-corrected chi connectivity index (χ4v) is 3.01. The van der Waals surface area contributed by atoms with Crippen molar-refractivity contribution >= 4 is 11.8 Å². The zero-order valence-electron chi connectivity index (χ0n) is 14.5. The topological polar surface area (TPSA) is 67.3 Å². The number of aryl methyl sites for hydroxylation is 1. The van der Waals surface area contributed by atoms with Crippen LogP contribution in [0.3, 0.4) is 0 Å². The molecule has 2 aromatic rings. The van der Waals surface area contributed by atoms with Crippen molar-refractivity contribution in [2.24, 2.45) is 0 Å². The summed E-state index contributed by atoms with van der Waals surface area (Å²) in [4.78, 5) is 22.0. The number of piperidine rings is 1. The molecule has 24 heavy (non-hydrogen) atoms. The molecular weight excluding hydrogens is 304 g/mol. The maximum absolute atomic E-state index is 5.20. The van der Waals surface area contributed by atoms with E-state index >= 15 is 0 Å². The fraction of sp³-hybridized carbons (Fsp3) is 0.529. The molecule has 0 radical (unpaired) electrons. The second-order valence-electron chi connectivity index (χ2n) is 5.97. The van der Waals surface area contributed by atoms with Gasteiger partial charge in [0.25, 0.3) is 0 Å². The van der Waals surface area contributed by atoms with Crippen LogP contribution in [0.15, 0.2) is 24.7 Å². The summed E-state index contributed by atoms with van der Waals surface area (Å²) in [5, 5.41) is 0. The Morgan fingerprint density at radius 2 is 2.21 bits per heavy atom. The maximum atomic E-state index is 5.20. The molecule has 2 aromatic heterocycles. The minimum atomic E-state index is 0.339. The molecule has 0 spiro atoms. The fourth-order valence-electron chi connectivity index (χ4n) is 3.01. The van der Waals surface area contributed by atoms with E-state index in [0.717, 1.165) is 43.9 Å². The van der Waals surface area contributed by atoms with Crippen LogP contribution in [-0.4, -0.2) is 53.2 Å². The van der Waals surface area contributed by atoms with Crippen molar-refractivity contribution in [3.05, 3.63) is 30.4 Å². The molecule has 1 saturated heterocycles. The Morgan fingerprint density at radius 1 is 1.33 bits per heavy atom. The number of likely N-dealkylation sites (N-methyl/N-ethyl adjacent to an activating group) is 1. The van der Waals surface area contributed by atoms with Crippen molar-refractivity contribution < 1.29 is 4.74 Å². The molecule has 0 amide bonds. The highest BCUT2D eigenvalue weighted by atomic mass is 16.5. The molecule has 3 heterocycles. The SMILES string of the molecule is CCc1cc(N2CCCC(N(C)c3nccc(OC)n3)C2)ncn1. The van der Waals surface area contributed by atoms with Gasteiger partial charge in [-0.15, -0.1) is 0 Å². The van der Waals surface area contributed by atoms with Crippen LogP contribution in [0.4, 0.5) is 11.8 Å². The summed E-state index contributed by atoms with van der Waals surface area (Å²) in [6.45, 7) is 4.03. The lowest BCUT2D eigenvalue weighted by Crippen LogP contribution is -2.47. The van der Waals surface area contributed by atoms with E-state index in [2.05, 4.69) is 42.7 Å². The molecule has 3 rings (SSSR count). The second kappa shape index (κ2) is 7.42. The number of anilines is 2. The van der Waals surface area contributed by atoms with Crippen LogP contribution in [0.1, 0.15) is 25.5 Å². The van der Waals surface area contributed by atoms with Gasteiger partial charge in [0.2, 0.25) is 11.8 Å². The first kappa shape index (κ1) is 16.4. The van der Waals surface area contributed by atoms with Gasteiger partial charge >= 0.3 is 0 Å². The summed E-state index contributed by atoms with van der Waals surface area (Å²) in [7, 11) is 3.66. The molecule has 7 heteroatoms. The van der Waals surface area contributed by atoms with Gasteiger partial charge in [0.05, 0.1) is 7.11 Å². The average Bonchev–Trinajstić information content (AvgIpc) is 2.67. The van der Waals surface area contributed by atoms with E-state index in [1.807, 2.05) is 7.05 Å². The van der Waals surface area contributed by atoms with Crippen LogP contribution in [0.5, 0.6) is 5.88 Å². The highest BCUT2D eigenvalue weighted by molar-refractivity contribution is 5.42. The standard InChI is InChI=1S/C17H24N6O/c1-4-13-10-15(20-12-19-13)23-9-5-6-14(11-23)22(2)17-18-8-7-16(21-17)24-3/h7-8,10,12,14H,4-6,9,11H2,1-3H3. The Labute approximate surface area is 142 Å². The van der Waals surface area contributed by atoms with Crippen LogP contribution < -0.4 is 14.5 Å². The quantitative estimate of drug-likeness (QED) is 0.831. The lowest BCUT2D eigenvalue weighted by Gasteiger charge is -2.38. The molecule has 0 N–H and O–H groups in total. The summed E-state index contributed by atoms with van der Waals surface area (Å²) in [5.41, 5.74) is 1.08. The monoisotopic (exact) mass is 328 g/mol. The Bertz CT molecular complexity index is 634. The van der Waals surface area contributed by atoms with Crippen LogP contribution >= 0.6 is 0 Å².